The summed E-state index contributed by atoms with van der Waals surface area (Å²) < 4.78 is 10.8. The van der Waals surface area contributed by atoms with Gasteiger partial charge in [0.25, 0.3) is 0 Å². The summed E-state index contributed by atoms with van der Waals surface area (Å²) >= 11 is 0. The molecule has 0 bridgehead atoms. The Bertz CT molecular complexity index is 5120. The first-order valence-electron chi connectivity index (χ1n) is 28.1. The first-order chi connectivity index (χ1) is 39.7. The Morgan fingerprint density at radius 1 is 0.287 bits per heavy atom. The predicted molar refractivity (Wildman–Crippen MR) is 334 cm³/mol. The van der Waals surface area contributed by atoms with Gasteiger partial charge in [0.2, 0.25) is 0 Å². The van der Waals surface area contributed by atoms with Crippen LogP contribution in [0.5, 0.6) is 0 Å². The van der Waals surface area contributed by atoms with Gasteiger partial charge in [0.05, 0.1) is 50.3 Å². The van der Waals surface area contributed by atoms with Crippen LogP contribution in [0.15, 0.2) is 255 Å². The third-order valence-corrected chi connectivity index (χ3v) is 18.9. The lowest BCUT2D eigenvalue weighted by molar-refractivity contribution is 0.711. The zero-order chi connectivity index (χ0) is 51.6. The molecule has 16 aromatic rings. The van der Waals surface area contributed by atoms with Crippen molar-refractivity contribution in [3.8, 4) is 78.1 Å². The molecule has 0 fully saturated rings. The lowest BCUT2D eigenvalue weighted by Gasteiger charge is -2.36. The summed E-state index contributed by atoms with van der Waals surface area (Å²) in [5.41, 5.74) is 33.1. The Hall–Kier alpha value is -10.4. The molecule has 0 saturated carbocycles. The van der Waals surface area contributed by atoms with Crippen LogP contribution in [0.2, 0.25) is 0 Å². The second-order valence-electron chi connectivity index (χ2n) is 22.6. The van der Waals surface area contributed by atoms with Gasteiger partial charge in [-0.15, -0.1) is 0 Å². The topological polar surface area (TPSA) is 19.7 Å². The molecule has 20 rings (SSSR count). The summed E-state index contributed by atoms with van der Waals surface area (Å²) in [5.74, 6) is 0. The number of benzene rings is 12. The molecule has 0 N–H and O–H groups in total. The van der Waals surface area contributed by atoms with E-state index in [4.69, 9.17) is 0 Å². The van der Waals surface area contributed by atoms with Crippen molar-refractivity contribution in [2.75, 3.05) is 0 Å². The molecular formula is C75H43BN4. The first kappa shape index (κ1) is 41.8. The standard InChI is InChI=1S/C75H43BN4/c1-3-15-43(16-4-1)45-31-35-47(36-32-45)49-39-60-55-22-12-26-58-70(55)79(73-57-25-11-21-53-51-19-7-9-29-63(51)77(69(53)57)65(41-49)67(60)73)74-59-27-13-23-56-61-40-50(48-37-33-46(34-38-48)44-17-5-2-6-18-44)42-66-68(61)76(80(71(56)59)75(58)74)62-28-14-24-54-52-20-8-10-30-64(52)78(66)72(54)62/h1-42,73H. The highest BCUT2D eigenvalue weighted by Crippen LogP contribution is 2.58. The number of para-hydroxylation sites is 6. The Labute approximate surface area is 460 Å². The highest BCUT2D eigenvalue weighted by molar-refractivity contribution is 6.90. The maximum Gasteiger partial charge on any atom is 0.333 e. The minimum atomic E-state index is -0.0888. The van der Waals surface area contributed by atoms with Crippen molar-refractivity contribution in [2.24, 2.45) is 0 Å². The van der Waals surface area contributed by atoms with Crippen LogP contribution in [-0.4, -0.2) is 25.0 Å². The van der Waals surface area contributed by atoms with Crippen molar-refractivity contribution in [1.82, 2.24) is 18.2 Å². The molecule has 5 heteroatoms. The molecule has 1 unspecified atom stereocenters. The van der Waals surface area contributed by atoms with Gasteiger partial charge in [-0.2, -0.15) is 0 Å². The van der Waals surface area contributed by atoms with E-state index in [1.807, 2.05) is 0 Å². The van der Waals surface area contributed by atoms with Crippen molar-refractivity contribution in [1.29, 1.82) is 0 Å². The molecule has 0 radical (unpaired) electrons. The summed E-state index contributed by atoms with van der Waals surface area (Å²) in [5, 5.41) is 7.74. The normalized spacial score (nSPS) is 14.1. The van der Waals surface area contributed by atoms with E-state index in [0.717, 1.165) is 0 Å². The van der Waals surface area contributed by atoms with Gasteiger partial charge in [0, 0.05) is 65.8 Å². The Balaban J connectivity index is 0.905. The minimum absolute atomic E-state index is 0.0888. The van der Waals surface area contributed by atoms with Gasteiger partial charge in [-0.3, -0.25) is 0 Å². The molecule has 4 aliphatic heterocycles. The van der Waals surface area contributed by atoms with Crippen LogP contribution in [0.3, 0.4) is 0 Å². The summed E-state index contributed by atoms with van der Waals surface area (Å²) in [7, 11) is 0. The van der Waals surface area contributed by atoms with Crippen LogP contribution >= 0.6 is 0 Å². The fourth-order valence-corrected chi connectivity index (χ4v) is 15.8. The first-order valence-corrected chi connectivity index (χ1v) is 28.1. The van der Waals surface area contributed by atoms with Crippen LogP contribution in [0.25, 0.3) is 155 Å². The van der Waals surface area contributed by atoms with E-state index in [1.54, 1.807) is 0 Å². The van der Waals surface area contributed by atoms with Gasteiger partial charge in [-0.1, -0.05) is 218 Å². The lowest BCUT2D eigenvalue weighted by atomic mass is 9.45. The second-order valence-corrected chi connectivity index (χ2v) is 22.6. The van der Waals surface area contributed by atoms with Gasteiger partial charge in [0.1, 0.15) is 0 Å². The largest absolute Gasteiger partial charge is 0.374 e. The monoisotopic (exact) mass is 1010 g/mol. The Morgan fingerprint density at radius 3 is 1.41 bits per heavy atom. The molecule has 0 amide bonds. The van der Waals surface area contributed by atoms with Gasteiger partial charge in [-0.05, 0) is 103 Å². The SMILES string of the molecule is c1ccc(-c2ccc(-c3cc4c5c(c3)-n3c6ccccc6c6cccc(c63)B5n3c5c-4cccc5c4c3c3cccc5c3n4C3c4c-5cc(-c5ccc(-c6ccccc6)cc5)cc4-n4c5ccccc5c5cccc3c54)cc2)cc1. The fraction of sp³-hybridized carbons (Fsp3) is 0.0133. The van der Waals surface area contributed by atoms with E-state index < -0.39 is 0 Å². The van der Waals surface area contributed by atoms with E-state index in [1.165, 1.54) is 177 Å². The number of hydrogen-bond acceptors (Lipinski definition) is 0. The average molecular weight is 1010 g/mol. The maximum absolute atomic E-state index is 2.80. The average Bonchev–Trinajstić information content (AvgIpc) is 2.25. The predicted octanol–water partition coefficient (Wildman–Crippen LogP) is 17.5. The molecule has 0 spiro atoms. The van der Waals surface area contributed by atoms with E-state index in [9.17, 15) is 0 Å². The molecule has 366 valence electrons. The fourth-order valence-electron chi connectivity index (χ4n) is 15.8. The van der Waals surface area contributed by atoms with Gasteiger partial charge < -0.3 is 18.2 Å². The second kappa shape index (κ2) is 14.8. The van der Waals surface area contributed by atoms with E-state index in [-0.39, 0.29) is 12.9 Å². The molecule has 8 heterocycles. The molecule has 4 aromatic heterocycles. The number of aromatic nitrogens is 4. The van der Waals surface area contributed by atoms with Gasteiger partial charge in [0.15, 0.2) is 0 Å². The molecule has 80 heavy (non-hydrogen) atoms. The number of fused-ring (bicyclic) bond motifs is 19. The molecule has 12 aromatic carbocycles. The van der Waals surface area contributed by atoms with Crippen LogP contribution in [0.1, 0.15) is 17.2 Å². The van der Waals surface area contributed by atoms with E-state index in [2.05, 4.69) is 273 Å². The molecular weight excluding hydrogens is 968 g/mol. The minimum Gasteiger partial charge on any atom is -0.374 e. The quantitative estimate of drug-likeness (QED) is 0.157. The van der Waals surface area contributed by atoms with E-state index in [0.29, 0.717) is 0 Å². The van der Waals surface area contributed by atoms with E-state index >= 15 is 0 Å². The number of rotatable bonds is 4. The Kier molecular flexibility index (Phi) is 7.73. The lowest BCUT2D eigenvalue weighted by Crippen LogP contribution is -2.55. The van der Waals surface area contributed by atoms with Crippen molar-refractivity contribution >= 4 is 94.2 Å². The van der Waals surface area contributed by atoms with Gasteiger partial charge in [-0.25, -0.2) is 0 Å². The summed E-state index contributed by atoms with van der Waals surface area (Å²) in [6, 6.07) is 96.4. The van der Waals surface area contributed by atoms with Crippen molar-refractivity contribution in [3.05, 3.63) is 266 Å². The van der Waals surface area contributed by atoms with Crippen LogP contribution in [0, 0.1) is 0 Å². The summed E-state index contributed by atoms with van der Waals surface area (Å²) in [6.07, 6.45) is 0. The van der Waals surface area contributed by atoms with Crippen molar-refractivity contribution in [2.45, 2.75) is 6.04 Å². The Morgan fingerprint density at radius 2 is 0.762 bits per heavy atom. The van der Waals surface area contributed by atoms with Crippen molar-refractivity contribution in [3.63, 3.8) is 0 Å². The maximum atomic E-state index is 2.80. The van der Waals surface area contributed by atoms with Gasteiger partial charge >= 0.3 is 6.85 Å². The molecule has 0 aliphatic carbocycles. The number of nitrogens with zero attached hydrogens (tertiary/aromatic N) is 4. The highest BCUT2D eigenvalue weighted by Gasteiger charge is 2.45. The third kappa shape index (κ3) is 5.06. The zero-order valence-corrected chi connectivity index (χ0v) is 43.2. The smallest absolute Gasteiger partial charge is 0.333 e. The molecule has 1 atom stereocenters. The van der Waals surface area contributed by atoms with Crippen LogP contribution < -0.4 is 10.9 Å². The van der Waals surface area contributed by atoms with Crippen LogP contribution in [0.4, 0.5) is 0 Å². The number of hydrogen-bond donors (Lipinski definition) is 0. The molecule has 4 aliphatic rings. The summed E-state index contributed by atoms with van der Waals surface area (Å²) in [6.45, 7) is -0.0888. The molecule has 0 saturated heterocycles. The highest BCUT2D eigenvalue weighted by atomic mass is 15.1. The summed E-state index contributed by atoms with van der Waals surface area (Å²) in [4.78, 5) is 0. The third-order valence-electron chi connectivity index (χ3n) is 18.9. The van der Waals surface area contributed by atoms with Crippen molar-refractivity contribution < 1.29 is 0 Å². The zero-order valence-electron chi connectivity index (χ0n) is 43.2. The molecule has 4 nitrogen and oxygen atoms in total. The van der Waals surface area contributed by atoms with Crippen LogP contribution in [-0.2, 0) is 0 Å².